The molecule has 0 amide bonds. The fourth-order valence-electron chi connectivity index (χ4n) is 2.93. The maximum atomic E-state index is 13.5. The van der Waals surface area contributed by atoms with Crippen molar-refractivity contribution in [3.8, 4) is 6.07 Å². The molecule has 2 aromatic heterocycles. The van der Waals surface area contributed by atoms with E-state index in [-0.39, 0.29) is 5.02 Å². The zero-order chi connectivity index (χ0) is 21.3. The first-order chi connectivity index (χ1) is 14.4. The molecule has 0 aliphatic rings. The summed E-state index contributed by atoms with van der Waals surface area (Å²) < 4.78 is 19.8. The molecule has 0 saturated heterocycles. The highest BCUT2D eigenvalue weighted by molar-refractivity contribution is 9.10. The van der Waals surface area contributed by atoms with Crippen molar-refractivity contribution in [1.29, 1.82) is 5.26 Å². The Morgan fingerprint density at radius 2 is 1.93 bits per heavy atom. The summed E-state index contributed by atoms with van der Waals surface area (Å²) in [5.74, 6) is 0.211. The molecule has 9 heteroatoms. The van der Waals surface area contributed by atoms with E-state index in [4.69, 9.17) is 27.6 Å². The van der Waals surface area contributed by atoms with Gasteiger partial charge in [0.1, 0.15) is 23.9 Å². The highest BCUT2D eigenvalue weighted by atomic mass is 79.9. The fraction of sp³-hybridized carbons (Fsp3) is 0.0476. The van der Waals surface area contributed by atoms with Gasteiger partial charge in [-0.15, -0.1) is 0 Å². The minimum absolute atomic E-state index is 0.0260. The number of anilines is 3. The van der Waals surface area contributed by atoms with Crippen LogP contribution in [0.4, 0.5) is 21.5 Å². The standard InChI is InChI=1S/C21H12BrCl2FN4O/c22-12-3-15(30-10-12)9-27-14-4-16-20(29-13-1-2-19(25)17(23)5-13)11(7-26)8-28-21(16)18(24)6-14/h1-6,8,10,27H,9H2,(H,28,29). The first kappa shape index (κ1) is 20.5. The SMILES string of the molecule is N#Cc1cnc2c(Cl)cc(NCc3cc(Br)co3)cc2c1Nc1ccc(F)c(Cl)c1. The van der Waals surface area contributed by atoms with E-state index in [1.807, 2.05) is 12.1 Å². The second-order valence-electron chi connectivity index (χ2n) is 6.35. The Morgan fingerprint density at radius 3 is 2.63 bits per heavy atom. The molecule has 0 aliphatic heterocycles. The number of pyridine rings is 1. The van der Waals surface area contributed by atoms with Crippen molar-refractivity contribution in [2.24, 2.45) is 0 Å². The van der Waals surface area contributed by atoms with Crippen molar-refractivity contribution in [1.82, 2.24) is 4.98 Å². The van der Waals surface area contributed by atoms with Crippen LogP contribution in [0, 0.1) is 17.1 Å². The summed E-state index contributed by atoms with van der Waals surface area (Å²) in [7, 11) is 0. The molecule has 0 fully saturated rings. The summed E-state index contributed by atoms with van der Waals surface area (Å²) in [4.78, 5) is 4.32. The molecular weight excluding hydrogens is 494 g/mol. The zero-order valence-corrected chi connectivity index (χ0v) is 18.2. The molecule has 0 saturated carbocycles. The number of furan rings is 1. The van der Waals surface area contributed by atoms with Crippen LogP contribution in [0.3, 0.4) is 0 Å². The summed E-state index contributed by atoms with van der Waals surface area (Å²) in [5.41, 5.74) is 2.58. The van der Waals surface area contributed by atoms with Gasteiger partial charge in [0.25, 0.3) is 0 Å². The van der Waals surface area contributed by atoms with Crippen molar-refractivity contribution < 1.29 is 8.81 Å². The molecule has 0 aliphatic carbocycles. The number of benzene rings is 2. The number of hydrogen-bond donors (Lipinski definition) is 2. The lowest BCUT2D eigenvalue weighted by Crippen LogP contribution is -2.01. The number of nitrogens with zero attached hydrogens (tertiary/aromatic N) is 2. The third-order valence-electron chi connectivity index (χ3n) is 4.32. The Hall–Kier alpha value is -2.79. The lowest BCUT2D eigenvalue weighted by molar-refractivity contribution is 0.517. The van der Waals surface area contributed by atoms with Gasteiger partial charge in [0.15, 0.2) is 0 Å². The first-order valence-electron chi connectivity index (χ1n) is 8.66. The maximum absolute atomic E-state index is 13.5. The van der Waals surface area contributed by atoms with Crippen molar-refractivity contribution in [2.45, 2.75) is 6.54 Å². The number of hydrogen-bond acceptors (Lipinski definition) is 5. The van der Waals surface area contributed by atoms with Gasteiger partial charge in [-0.1, -0.05) is 23.2 Å². The molecule has 150 valence electrons. The predicted molar refractivity (Wildman–Crippen MR) is 120 cm³/mol. The van der Waals surface area contributed by atoms with E-state index in [0.717, 1.165) is 15.9 Å². The summed E-state index contributed by atoms with van der Waals surface area (Å²) in [6, 6.07) is 11.8. The second kappa shape index (κ2) is 8.52. The molecule has 0 spiro atoms. The van der Waals surface area contributed by atoms with Gasteiger partial charge in [-0.05, 0) is 52.3 Å². The number of nitriles is 1. The molecule has 2 N–H and O–H groups in total. The maximum Gasteiger partial charge on any atom is 0.141 e. The number of rotatable bonds is 5. The first-order valence-corrected chi connectivity index (χ1v) is 10.2. The van der Waals surface area contributed by atoms with Gasteiger partial charge >= 0.3 is 0 Å². The summed E-state index contributed by atoms with van der Waals surface area (Å²) in [6.45, 7) is 0.440. The lowest BCUT2D eigenvalue weighted by atomic mass is 10.1. The molecule has 2 aromatic carbocycles. The number of halogens is 4. The monoisotopic (exact) mass is 504 g/mol. The molecular formula is C21H12BrCl2FN4O. The van der Waals surface area contributed by atoms with E-state index in [1.165, 1.54) is 24.4 Å². The van der Waals surface area contributed by atoms with Gasteiger partial charge in [-0.3, -0.25) is 4.98 Å². The average Bonchev–Trinajstić information content (AvgIpc) is 3.15. The van der Waals surface area contributed by atoms with Crippen LogP contribution >= 0.6 is 39.1 Å². The third kappa shape index (κ3) is 4.21. The quantitative estimate of drug-likeness (QED) is 0.298. The highest BCUT2D eigenvalue weighted by Crippen LogP contribution is 2.35. The van der Waals surface area contributed by atoms with Crippen molar-refractivity contribution in [3.05, 3.63) is 80.5 Å². The van der Waals surface area contributed by atoms with Crippen LogP contribution in [0.1, 0.15) is 11.3 Å². The molecule has 30 heavy (non-hydrogen) atoms. The van der Waals surface area contributed by atoms with E-state index < -0.39 is 5.82 Å². The highest BCUT2D eigenvalue weighted by Gasteiger charge is 2.14. The topological polar surface area (TPSA) is 73.9 Å². The fourth-order valence-corrected chi connectivity index (χ4v) is 3.73. The normalized spacial score (nSPS) is 10.8. The second-order valence-corrected chi connectivity index (χ2v) is 8.08. The molecule has 2 heterocycles. The lowest BCUT2D eigenvalue weighted by Gasteiger charge is -2.14. The van der Waals surface area contributed by atoms with Gasteiger partial charge in [0, 0.05) is 23.0 Å². The van der Waals surface area contributed by atoms with Crippen molar-refractivity contribution >= 4 is 67.1 Å². The average molecular weight is 506 g/mol. The Morgan fingerprint density at radius 1 is 1.13 bits per heavy atom. The van der Waals surface area contributed by atoms with Gasteiger partial charge in [0.05, 0.1) is 37.8 Å². The van der Waals surface area contributed by atoms with Crippen LogP contribution in [0.5, 0.6) is 0 Å². The van der Waals surface area contributed by atoms with E-state index in [2.05, 4.69) is 37.6 Å². The Labute approximate surface area is 189 Å². The number of fused-ring (bicyclic) bond motifs is 1. The zero-order valence-electron chi connectivity index (χ0n) is 15.1. The van der Waals surface area contributed by atoms with Crippen LogP contribution in [-0.4, -0.2) is 4.98 Å². The molecule has 0 bridgehead atoms. The van der Waals surface area contributed by atoms with E-state index >= 15 is 0 Å². The van der Waals surface area contributed by atoms with Gasteiger partial charge in [0.2, 0.25) is 0 Å². The predicted octanol–water partition coefficient (Wildman–Crippen LogP) is 7.26. The van der Waals surface area contributed by atoms with Crippen LogP contribution in [0.25, 0.3) is 10.9 Å². The van der Waals surface area contributed by atoms with E-state index in [0.29, 0.717) is 39.4 Å². The molecule has 0 unspecified atom stereocenters. The Balaban J connectivity index is 1.75. The largest absolute Gasteiger partial charge is 0.466 e. The minimum atomic E-state index is -0.526. The number of aromatic nitrogens is 1. The number of nitrogens with one attached hydrogen (secondary N) is 2. The molecule has 4 rings (SSSR count). The van der Waals surface area contributed by atoms with E-state index in [1.54, 1.807) is 12.3 Å². The van der Waals surface area contributed by atoms with Crippen molar-refractivity contribution in [2.75, 3.05) is 10.6 Å². The molecule has 0 atom stereocenters. The summed E-state index contributed by atoms with van der Waals surface area (Å²) in [5, 5.41) is 17.0. The van der Waals surface area contributed by atoms with Crippen LogP contribution in [0.15, 0.2) is 57.7 Å². The van der Waals surface area contributed by atoms with Gasteiger partial charge in [-0.25, -0.2) is 4.39 Å². The van der Waals surface area contributed by atoms with E-state index in [9.17, 15) is 9.65 Å². The van der Waals surface area contributed by atoms with Crippen molar-refractivity contribution in [3.63, 3.8) is 0 Å². The molecule has 4 aromatic rings. The molecule has 5 nitrogen and oxygen atoms in total. The Kier molecular flexibility index (Phi) is 5.82. The summed E-state index contributed by atoms with van der Waals surface area (Å²) in [6.07, 6.45) is 3.04. The van der Waals surface area contributed by atoms with Crippen LogP contribution in [-0.2, 0) is 6.54 Å². The summed E-state index contributed by atoms with van der Waals surface area (Å²) >= 11 is 15.7. The Bertz CT molecular complexity index is 1300. The van der Waals surface area contributed by atoms with Gasteiger partial charge < -0.3 is 15.1 Å². The molecule has 0 radical (unpaired) electrons. The van der Waals surface area contributed by atoms with Crippen LogP contribution < -0.4 is 10.6 Å². The third-order valence-corrected chi connectivity index (χ3v) is 5.32. The van der Waals surface area contributed by atoms with Crippen LogP contribution in [0.2, 0.25) is 10.0 Å². The van der Waals surface area contributed by atoms with Gasteiger partial charge in [-0.2, -0.15) is 5.26 Å². The smallest absolute Gasteiger partial charge is 0.141 e. The minimum Gasteiger partial charge on any atom is -0.466 e.